The molecule has 6 aromatic carbocycles. The summed E-state index contributed by atoms with van der Waals surface area (Å²) in [7, 11) is -7.49. The molecule has 0 spiro atoms. The standard InChI is InChI=1S/C24H30BFN2O4.C15H22BFN2O3.C9H9ClO.C8H6BFO4.C7H18N2.C7H8O3S.CH4/c1-7-20(24(4,5)6)28(23(30)16-11-14(2)10-15(3)12-16)27-22(29)17-8-9-19-18(21(17)26)13-32-25(19)31;1-5-12(15(2,3)4)18-19-14(20)9-6-7-11-10(13(9)17)8-22-16(11)21;1-6-3-7(2)5-8(4-6)9(10)11;10-7-4(8(11)12)1-2-6-5(7)3-14-9(6)13;1-5-6(9-8)7(2,3)4;1-6-2-4-7(5-3-6)11(8,9)10;/h8-12,20,31H,7,13H2,1-6H3,(H,27,29);6-7,12,18,21H,5,8H2,1-4H3,(H,19,20);3-5H,1-2H3;1-2,13H,3H2,(H,11,12);6,9H,5,8H2,1-4H3;2-5H,1H3,(H,8,9,10);1H4/t20-;12-;;;6-;;/m11..1../s1. The lowest BCUT2D eigenvalue weighted by Crippen LogP contribution is -2.56. The van der Waals surface area contributed by atoms with E-state index in [1.807, 2.05) is 81.4 Å². The lowest BCUT2D eigenvalue weighted by molar-refractivity contribution is 0.0283. The van der Waals surface area contributed by atoms with E-state index in [4.69, 9.17) is 41.1 Å². The van der Waals surface area contributed by atoms with E-state index in [0.717, 1.165) is 46.7 Å². The van der Waals surface area contributed by atoms with Crippen LogP contribution < -0.4 is 43.9 Å². The molecular weight excluding hydrogens is 1330 g/mol. The number of halogens is 4. The normalized spacial score (nSPS) is 13.7. The molecule has 0 saturated heterocycles. The number of rotatable bonds is 13. The number of carboxylic acids is 1. The maximum atomic E-state index is 15.0. The summed E-state index contributed by atoms with van der Waals surface area (Å²) in [5.74, 6) is 0.151. The van der Waals surface area contributed by atoms with Gasteiger partial charge in [-0.25, -0.2) is 28.4 Å². The van der Waals surface area contributed by atoms with Crippen LogP contribution in [0.3, 0.4) is 0 Å². The molecule has 6 aromatic rings. The van der Waals surface area contributed by atoms with Crippen LogP contribution in [0, 0.1) is 68.3 Å². The molecule has 100 heavy (non-hydrogen) atoms. The van der Waals surface area contributed by atoms with Crippen LogP contribution in [0.1, 0.15) is 206 Å². The van der Waals surface area contributed by atoms with E-state index in [1.54, 1.807) is 36.4 Å². The quantitative estimate of drug-likeness (QED) is 0.0169. The van der Waals surface area contributed by atoms with Crippen molar-refractivity contribution >= 4 is 88.4 Å². The summed E-state index contributed by atoms with van der Waals surface area (Å²) in [5, 5.41) is 38.1. The van der Waals surface area contributed by atoms with Crippen molar-refractivity contribution in [2.45, 2.75) is 187 Å². The highest BCUT2D eigenvalue weighted by Gasteiger charge is 2.38. The highest BCUT2D eigenvalue weighted by atomic mass is 35.5. The molecule has 21 nitrogen and oxygen atoms in total. The van der Waals surface area contributed by atoms with Gasteiger partial charge in [0.05, 0.1) is 47.4 Å². The lowest BCUT2D eigenvalue weighted by atomic mass is 9.79. The van der Waals surface area contributed by atoms with Crippen LogP contribution in [0.4, 0.5) is 13.2 Å². The van der Waals surface area contributed by atoms with Crippen LogP contribution in [-0.4, -0.2) is 107 Å². The third kappa shape index (κ3) is 24.2. The minimum Gasteiger partial charge on any atom is -0.478 e. The van der Waals surface area contributed by atoms with Gasteiger partial charge >= 0.3 is 27.3 Å². The smallest absolute Gasteiger partial charge is 0.478 e. The molecule has 0 saturated carbocycles. The fraction of sp³-hybridized carbons (Fsp3) is 0.423. The Morgan fingerprint density at radius 3 is 1.25 bits per heavy atom. The minimum absolute atomic E-state index is 0. The van der Waals surface area contributed by atoms with Gasteiger partial charge in [-0.2, -0.15) is 8.42 Å². The summed E-state index contributed by atoms with van der Waals surface area (Å²) >= 11 is 5.31. The van der Waals surface area contributed by atoms with Gasteiger partial charge < -0.3 is 34.1 Å². The molecule has 3 amide bonds. The number of carbonyl (C=O) groups is 5. The van der Waals surface area contributed by atoms with Gasteiger partial charge in [0.2, 0.25) is 0 Å². The summed E-state index contributed by atoms with van der Waals surface area (Å²) in [6.07, 6.45) is 2.50. The SMILES string of the molecule is C.CC[C@@H](N(NC(=O)c1ccc2c(c1F)COB2O)C(=O)c1cc(C)cc(C)c1)C(C)(C)C.CC[C@@H](NN)C(C)(C)C.CC[C@@H](NNC(=O)c1ccc2c(c1F)COB2O)C(C)(C)C.Cc1cc(C)cc(C(=O)Cl)c1.Cc1ccc(S(=O)(=O)O)cc1.O=C(O)c1ccc2c(c1F)COB2O. The molecule has 9 rings (SSSR count). The number of amides is 3. The van der Waals surface area contributed by atoms with Crippen molar-refractivity contribution in [1.29, 1.82) is 0 Å². The van der Waals surface area contributed by atoms with Crippen LogP contribution in [0.15, 0.2) is 102 Å². The summed E-state index contributed by atoms with van der Waals surface area (Å²) in [6.45, 7) is 34.1. The molecule has 0 unspecified atom stereocenters. The van der Waals surface area contributed by atoms with Crippen molar-refractivity contribution in [1.82, 2.24) is 26.7 Å². The second-order valence-corrected chi connectivity index (χ2v) is 29.2. The number of hydrogen-bond acceptors (Lipinski definition) is 16. The molecule has 0 aliphatic carbocycles. The number of hydrazine groups is 3. The topological polar surface area (TPSA) is 326 Å². The third-order valence-electron chi connectivity index (χ3n) is 16.4. The van der Waals surface area contributed by atoms with Crippen molar-refractivity contribution in [2.75, 3.05) is 0 Å². The van der Waals surface area contributed by atoms with E-state index in [1.165, 1.54) is 47.5 Å². The van der Waals surface area contributed by atoms with Crippen molar-refractivity contribution < 1.29 is 84.3 Å². The van der Waals surface area contributed by atoms with E-state index in [-0.39, 0.29) is 94.2 Å². The van der Waals surface area contributed by atoms with Crippen LogP contribution >= 0.6 is 11.6 Å². The maximum Gasteiger partial charge on any atom is 0.491 e. The predicted molar refractivity (Wildman–Crippen MR) is 385 cm³/mol. The van der Waals surface area contributed by atoms with E-state index in [0.29, 0.717) is 40.0 Å². The highest BCUT2D eigenvalue weighted by molar-refractivity contribution is 7.85. The number of benzene rings is 6. The highest BCUT2D eigenvalue weighted by Crippen LogP contribution is 2.29. The molecule has 0 bridgehead atoms. The second-order valence-electron chi connectivity index (χ2n) is 27.4. The molecule has 0 radical (unpaired) electrons. The van der Waals surface area contributed by atoms with E-state index < -0.39 is 77.5 Å². The molecule has 3 aliphatic rings. The fourth-order valence-electron chi connectivity index (χ4n) is 11.1. The Morgan fingerprint density at radius 2 is 0.930 bits per heavy atom. The lowest BCUT2D eigenvalue weighted by Gasteiger charge is -2.39. The summed E-state index contributed by atoms with van der Waals surface area (Å²) in [5.41, 5.74) is 17.7. The Morgan fingerprint density at radius 1 is 0.560 bits per heavy atom. The van der Waals surface area contributed by atoms with Crippen molar-refractivity contribution in [3.05, 3.63) is 187 Å². The van der Waals surface area contributed by atoms with Gasteiger partial charge in [0, 0.05) is 39.9 Å². The molecule has 0 fully saturated rings. The van der Waals surface area contributed by atoms with Crippen molar-refractivity contribution in [3.8, 4) is 0 Å². The first-order chi connectivity index (χ1) is 45.9. The molecular formula is C71H97B3ClF3N6O15S. The number of nitrogens with zero attached hydrogens (tertiary/aromatic N) is 1. The van der Waals surface area contributed by atoms with Gasteiger partial charge in [-0.15, -0.1) is 0 Å². The van der Waals surface area contributed by atoms with Gasteiger partial charge in [0.25, 0.3) is 33.1 Å². The number of aromatic carboxylic acids is 1. The molecule has 3 atom stereocenters. The Labute approximate surface area is 592 Å². The van der Waals surface area contributed by atoms with Crippen LogP contribution in [0.5, 0.6) is 0 Å². The summed E-state index contributed by atoms with van der Waals surface area (Å²) in [4.78, 5) is 60.1. The predicted octanol–water partition coefficient (Wildman–Crippen LogP) is 9.95. The maximum absolute atomic E-state index is 15.0. The second kappa shape index (κ2) is 37.6. The number of carboxylic acid groups (broad SMARTS) is 1. The zero-order valence-corrected chi connectivity index (χ0v) is 60.8. The zero-order chi connectivity index (χ0) is 75.0. The number of nitrogens with two attached hydrogens (primary N) is 1. The number of aryl methyl sites for hydroxylation is 5. The van der Waals surface area contributed by atoms with E-state index >= 15 is 4.39 Å². The van der Waals surface area contributed by atoms with Crippen LogP contribution in [0.25, 0.3) is 0 Å². The summed E-state index contributed by atoms with van der Waals surface area (Å²) < 4.78 is 87.2. The zero-order valence-electron chi connectivity index (χ0n) is 59.2. The van der Waals surface area contributed by atoms with Crippen LogP contribution in [0.2, 0.25) is 0 Å². The number of nitrogens with one attached hydrogen (secondary N) is 4. The molecule has 11 N–H and O–H groups in total. The average Bonchev–Trinajstić information content (AvgIpc) is 1.52. The average molecular weight is 1430 g/mol. The monoisotopic (exact) mass is 1430 g/mol. The Hall–Kier alpha value is -7.31. The third-order valence-corrected chi connectivity index (χ3v) is 17.4. The molecule has 3 heterocycles. The first-order valence-corrected chi connectivity index (χ1v) is 33.9. The molecule has 0 aromatic heterocycles. The van der Waals surface area contributed by atoms with Crippen molar-refractivity contribution in [3.63, 3.8) is 0 Å². The van der Waals surface area contributed by atoms with Gasteiger partial charge in [-0.3, -0.25) is 45.9 Å². The van der Waals surface area contributed by atoms with Crippen LogP contribution in [-0.2, 0) is 43.9 Å². The number of fused-ring (bicyclic) bond motifs is 3. The Kier molecular flexibility index (Phi) is 32.7. The molecule has 544 valence electrons. The van der Waals surface area contributed by atoms with Crippen molar-refractivity contribution in [2.24, 2.45) is 22.1 Å². The fourth-order valence-corrected chi connectivity index (χ4v) is 11.7. The summed E-state index contributed by atoms with van der Waals surface area (Å²) in [6, 6.07) is 25.4. The Bertz CT molecular complexity index is 3910. The number of hydrogen-bond donors (Lipinski definition) is 10. The van der Waals surface area contributed by atoms with Gasteiger partial charge in [-0.1, -0.05) is 161 Å². The molecule has 3 aliphatic heterocycles. The minimum atomic E-state index is -4.02. The first kappa shape index (κ1) is 86.9. The largest absolute Gasteiger partial charge is 0.491 e. The van der Waals surface area contributed by atoms with E-state index in [9.17, 15) is 56.2 Å². The Balaban J connectivity index is 0.000000333. The van der Waals surface area contributed by atoms with E-state index in [2.05, 4.69) is 70.2 Å². The van der Waals surface area contributed by atoms with Gasteiger partial charge in [0.15, 0.2) is 0 Å². The van der Waals surface area contributed by atoms with Gasteiger partial charge in [-0.05, 0) is 153 Å². The number of carbonyl (C=O) groups excluding carboxylic acids is 4. The first-order valence-electron chi connectivity index (χ1n) is 32.0. The van der Waals surface area contributed by atoms with Gasteiger partial charge in [0.1, 0.15) is 17.5 Å². The molecule has 29 heteroatoms.